The zero-order valence-corrected chi connectivity index (χ0v) is 10.8. The Labute approximate surface area is 110 Å². The van der Waals surface area contributed by atoms with Gasteiger partial charge in [0.25, 0.3) is 0 Å². The quantitative estimate of drug-likeness (QED) is 0.615. The molecule has 0 radical (unpaired) electrons. The van der Waals surface area contributed by atoms with Gasteiger partial charge >= 0.3 is 0 Å². The molecule has 1 aromatic heterocycles. The Morgan fingerprint density at radius 3 is 2.67 bits per heavy atom. The first-order valence-electron chi connectivity index (χ1n) is 5.93. The van der Waals surface area contributed by atoms with E-state index < -0.39 is 0 Å². The predicted molar refractivity (Wildman–Crippen MR) is 79.0 cm³/mol. The number of para-hydroxylation sites is 1. The van der Waals surface area contributed by atoms with Gasteiger partial charge in [-0.15, -0.1) is 17.9 Å². The maximum atomic E-state index is 4.71. The minimum Gasteiger partial charge on any atom is -0.236 e. The first kappa shape index (κ1) is 11.2. The lowest BCUT2D eigenvalue weighted by Crippen LogP contribution is -1.86. The Hall–Kier alpha value is -1.93. The molecule has 3 rings (SSSR count). The number of benzene rings is 2. The summed E-state index contributed by atoms with van der Waals surface area (Å²) in [6, 6.07) is 16.7. The van der Waals surface area contributed by atoms with Crippen LogP contribution in [0.5, 0.6) is 0 Å². The second-order valence-electron chi connectivity index (χ2n) is 4.14. The number of rotatable bonds is 3. The van der Waals surface area contributed by atoms with Crippen molar-refractivity contribution in [2.75, 3.05) is 0 Å². The molecule has 0 saturated carbocycles. The molecule has 0 aliphatic carbocycles. The van der Waals surface area contributed by atoms with Crippen molar-refractivity contribution in [2.45, 2.75) is 6.42 Å². The molecule has 3 aromatic rings. The highest BCUT2D eigenvalue weighted by molar-refractivity contribution is 7.21. The minimum atomic E-state index is 0.881. The van der Waals surface area contributed by atoms with Crippen LogP contribution in [0.25, 0.3) is 20.8 Å². The molecule has 88 valence electrons. The van der Waals surface area contributed by atoms with Crippen LogP contribution < -0.4 is 0 Å². The molecule has 0 bridgehead atoms. The van der Waals surface area contributed by atoms with E-state index in [1.807, 2.05) is 12.1 Å². The summed E-state index contributed by atoms with van der Waals surface area (Å²) in [6.45, 7) is 3.82. The molecule has 1 nitrogen and oxygen atoms in total. The summed E-state index contributed by atoms with van der Waals surface area (Å²) >= 11 is 1.74. The molecule has 2 heteroatoms. The number of thiazole rings is 1. The molecule has 0 amide bonds. The van der Waals surface area contributed by atoms with Gasteiger partial charge in [-0.3, -0.25) is 0 Å². The van der Waals surface area contributed by atoms with Crippen molar-refractivity contribution >= 4 is 21.6 Å². The third-order valence-electron chi connectivity index (χ3n) is 2.91. The van der Waals surface area contributed by atoms with Crippen molar-refractivity contribution < 1.29 is 0 Å². The van der Waals surface area contributed by atoms with Crippen molar-refractivity contribution in [1.82, 2.24) is 4.98 Å². The van der Waals surface area contributed by atoms with Gasteiger partial charge in [0.05, 0.1) is 10.2 Å². The SMILES string of the molecule is C=CCc1ccccc1-c1nc2ccccc2s1. The van der Waals surface area contributed by atoms with Crippen LogP contribution in [0, 0.1) is 0 Å². The fourth-order valence-electron chi connectivity index (χ4n) is 2.05. The van der Waals surface area contributed by atoms with Gasteiger partial charge in [0.15, 0.2) is 0 Å². The fraction of sp³-hybridized carbons (Fsp3) is 0.0625. The van der Waals surface area contributed by atoms with Gasteiger partial charge in [0.1, 0.15) is 5.01 Å². The minimum absolute atomic E-state index is 0.881. The molecule has 0 saturated heterocycles. The van der Waals surface area contributed by atoms with Crippen molar-refractivity contribution in [1.29, 1.82) is 0 Å². The molecule has 0 aliphatic heterocycles. The summed E-state index contributed by atoms with van der Waals surface area (Å²) in [7, 11) is 0. The van der Waals surface area contributed by atoms with E-state index in [1.54, 1.807) is 11.3 Å². The summed E-state index contributed by atoms with van der Waals surface area (Å²) in [5, 5.41) is 1.09. The molecular weight excluding hydrogens is 238 g/mol. The van der Waals surface area contributed by atoms with Gasteiger partial charge in [-0.25, -0.2) is 4.98 Å². The van der Waals surface area contributed by atoms with Crippen molar-refractivity contribution in [3.8, 4) is 10.6 Å². The zero-order valence-electron chi connectivity index (χ0n) is 9.97. The van der Waals surface area contributed by atoms with E-state index in [4.69, 9.17) is 4.98 Å². The number of fused-ring (bicyclic) bond motifs is 1. The maximum Gasteiger partial charge on any atom is 0.124 e. The predicted octanol–water partition coefficient (Wildman–Crippen LogP) is 4.69. The number of hydrogen-bond acceptors (Lipinski definition) is 2. The third-order valence-corrected chi connectivity index (χ3v) is 3.98. The normalized spacial score (nSPS) is 10.7. The van der Waals surface area contributed by atoms with Crippen molar-refractivity contribution in [2.24, 2.45) is 0 Å². The van der Waals surface area contributed by atoms with Crippen LogP contribution >= 0.6 is 11.3 Å². The first-order chi connectivity index (χ1) is 8.88. The average molecular weight is 251 g/mol. The molecule has 0 unspecified atom stereocenters. The molecule has 0 aliphatic rings. The van der Waals surface area contributed by atoms with Gasteiger partial charge in [-0.2, -0.15) is 0 Å². The van der Waals surface area contributed by atoms with Crippen LogP contribution in [0.2, 0.25) is 0 Å². The zero-order chi connectivity index (χ0) is 12.4. The average Bonchev–Trinajstić information content (AvgIpc) is 2.83. The Morgan fingerprint density at radius 1 is 1.06 bits per heavy atom. The maximum absolute atomic E-state index is 4.71. The van der Waals surface area contributed by atoms with Gasteiger partial charge in [-0.05, 0) is 24.1 Å². The molecule has 0 fully saturated rings. The molecular formula is C16H13NS. The Morgan fingerprint density at radius 2 is 1.83 bits per heavy atom. The number of nitrogens with zero attached hydrogens (tertiary/aromatic N) is 1. The van der Waals surface area contributed by atoms with E-state index >= 15 is 0 Å². The van der Waals surface area contributed by atoms with Gasteiger partial charge in [0.2, 0.25) is 0 Å². The lowest BCUT2D eigenvalue weighted by molar-refractivity contribution is 1.27. The van der Waals surface area contributed by atoms with Crippen LogP contribution in [-0.4, -0.2) is 4.98 Å². The lowest BCUT2D eigenvalue weighted by Gasteiger charge is -2.03. The van der Waals surface area contributed by atoms with Crippen LogP contribution in [0.4, 0.5) is 0 Å². The monoisotopic (exact) mass is 251 g/mol. The van der Waals surface area contributed by atoms with E-state index in [9.17, 15) is 0 Å². The van der Waals surface area contributed by atoms with Crippen LogP contribution in [0.3, 0.4) is 0 Å². The largest absolute Gasteiger partial charge is 0.236 e. The summed E-state index contributed by atoms with van der Waals surface area (Å²) in [4.78, 5) is 4.71. The van der Waals surface area contributed by atoms with E-state index in [2.05, 4.69) is 49.0 Å². The van der Waals surface area contributed by atoms with E-state index in [1.165, 1.54) is 15.8 Å². The van der Waals surface area contributed by atoms with Gasteiger partial charge in [-0.1, -0.05) is 42.5 Å². The lowest BCUT2D eigenvalue weighted by atomic mass is 10.1. The molecule has 18 heavy (non-hydrogen) atoms. The van der Waals surface area contributed by atoms with E-state index in [-0.39, 0.29) is 0 Å². The van der Waals surface area contributed by atoms with Crippen LogP contribution in [-0.2, 0) is 6.42 Å². The van der Waals surface area contributed by atoms with Gasteiger partial charge in [0, 0.05) is 5.56 Å². The fourth-order valence-corrected chi connectivity index (χ4v) is 3.08. The second-order valence-corrected chi connectivity index (χ2v) is 5.17. The Bertz CT molecular complexity index is 664. The number of hydrogen-bond donors (Lipinski definition) is 0. The third kappa shape index (κ3) is 1.95. The smallest absolute Gasteiger partial charge is 0.124 e. The molecule has 1 heterocycles. The molecule has 0 spiro atoms. The highest BCUT2D eigenvalue weighted by Gasteiger charge is 2.08. The Kier molecular flexibility index (Phi) is 2.95. The topological polar surface area (TPSA) is 12.9 Å². The second kappa shape index (κ2) is 4.75. The van der Waals surface area contributed by atoms with E-state index in [0.29, 0.717) is 0 Å². The van der Waals surface area contributed by atoms with Gasteiger partial charge < -0.3 is 0 Å². The summed E-state index contributed by atoms with van der Waals surface area (Å²) in [5.74, 6) is 0. The van der Waals surface area contributed by atoms with Crippen molar-refractivity contribution in [3.05, 3.63) is 66.7 Å². The standard InChI is InChI=1S/C16H13NS/c1-2-7-12-8-3-4-9-13(12)16-17-14-10-5-6-11-15(14)18-16/h2-6,8-11H,1,7H2. The molecule has 0 N–H and O–H groups in total. The highest BCUT2D eigenvalue weighted by Crippen LogP contribution is 2.32. The van der Waals surface area contributed by atoms with Crippen LogP contribution in [0.15, 0.2) is 61.2 Å². The summed E-state index contributed by atoms with van der Waals surface area (Å²) in [6.07, 6.45) is 2.82. The van der Waals surface area contributed by atoms with Crippen molar-refractivity contribution in [3.63, 3.8) is 0 Å². The summed E-state index contributed by atoms with van der Waals surface area (Å²) in [5.41, 5.74) is 3.58. The molecule has 2 aromatic carbocycles. The number of allylic oxidation sites excluding steroid dienone is 1. The molecule has 0 atom stereocenters. The first-order valence-corrected chi connectivity index (χ1v) is 6.75. The van der Waals surface area contributed by atoms with E-state index in [0.717, 1.165) is 16.9 Å². The van der Waals surface area contributed by atoms with Crippen LogP contribution in [0.1, 0.15) is 5.56 Å². The Balaban J connectivity index is 2.16. The highest BCUT2D eigenvalue weighted by atomic mass is 32.1. The summed E-state index contributed by atoms with van der Waals surface area (Å²) < 4.78 is 1.24. The number of aromatic nitrogens is 1.